The molecule has 3 aliphatic rings. The number of piperidine rings is 1. The fourth-order valence-corrected chi connectivity index (χ4v) is 4.65. The van der Waals surface area contributed by atoms with Crippen LogP contribution in [0.2, 0.25) is 0 Å². The predicted molar refractivity (Wildman–Crippen MR) is 116 cm³/mol. The normalized spacial score (nSPS) is 24.6. The van der Waals surface area contributed by atoms with Crippen molar-refractivity contribution in [3.8, 4) is 0 Å². The summed E-state index contributed by atoms with van der Waals surface area (Å²) in [5, 5.41) is 3.29. The summed E-state index contributed by atoms with van der Waals surface area (Å²) in [6, 6.07) is 0.0781. The summed E-state index contributed by atoms with van der Waals surface area (Å²) >= 11 is 0. The van der Waals surface area contributed by atoms with E-state index >= 15 is 0 Å². The quantitative estimate of drug-likeness (QED) is 0.767. The molecule has 0 radical (unpaired) electrons. The number of fused-ring (bicyclic) bond motifs is 1. The number of hydrogen-bond donors (Lipinski definition) is 2. The Balaban J connectivity index is 1.53. The predicted octanol–water partition coefficient (Wildman–Crippen LogP) is 3.42. The van der Waals surface area contributed by atoms with Gasteiger partial charge in [0.1, 0.15) is 0 Å². The lowest BCUT2D eigenvalue weighted by atomic mass is 9.77. The first-order valence-electron chi connectivity index (χ1n) is 10.5. The van der Waals surface area contributed by atoms with E-state index in [2.05, 4.69) is 65.4 Å². The number of aromatic nitrogens is 2. The second-order valence-electron chi connectivity index (χ2n) is 9.67. The first kappa shape index (κ1) is 21.4. The first-order chi connectivity index (χ1) is 14.5. The lowest BCUT2D eigenvalue weighted by Crippen LogP contribution is -2.61. The van der Waals surface area contributed by atoms with Gasteiger partial charge in [0.25, 0.3) is 11.9 Å². The van der Waals surface area contributed by atoms with Crippen LogP contribution in [-0.4, -0.2) is 50.7 Å². The summed E-state index contributed by atoms with van der Waals surface area (Å²) in [7, 11) is 2.14. The number of anilines is 1. The largest absolute Gasteiger partial charge is 0.379 e. The number of likely N-dealkylation sites (tertiary alicyclic amines) is 1. The molecule has 166 valence electrons. The third-order valence-electron chi connectivity index (χ3n) is 6.44. The molecule has 1 aromatic rings. The Labute approximate surface area is 181 Å². The maximum Gasteiger partial charge on any atom is 0.277 e. The van der Waals surface area contributed by atoms with E-state index in [1.165, 1.54) is 6.08 Å². The Bertz CT molecular complexity index is 980. The van der Waals surface area contributed by atoms with Crippen molar-refractivity contribution in [1.82, 2.24) is 20.3 Å². The number of rotatable bonds is 3. The molecule has 31 heavy (non-hydrogen) atoms. The summed E-state index contributed by atoms with van der Waals surface area (Å²) in [5.74, 6) is 0.200. The number of halogens is 1. The van der Waals surface area contributed by atoms with Crippen LogP contribution in [0, 0.1) is 5.82 Å². The van der Waals surface area contributed by atoms with Crippen molar-refractivity contribution in [1.29, 1.82) is 0 Å². The van der Waals surface area contributed by atoms with Crippen molar-refractivity contribution in [3.05, 3.63) is 35.5 Å². The SMILES string of the molecule is CN1C(C)(C)CC(Nc2nc(N=C3CC=C4ONC(=O)C=C4C3)ncc2F)CC1(C)C. The average Bonchev–Trinajstić information content (AvgIpc) is 2.68. The fraction of sp³-hybridized carbons (Fsp3) is 0.545. The van der Waals surface area contributed by atoms with Crippen LogP contribution in [0.1, 0.15) is 53.4 Å². The summed E-state index contributed by atoms with van der Waals surface area (Å²) < 4.78 is 14.5. The van der Waals surface area contributed by atoms with Crippen molar-refractivity contribution in [2.45, 2.75) is 70.5 Å². The van der Waals surface area contributed by atoms with E-state index in [0.717, 1.165) is 30.3 Å². The number of carbonyl (C=O) groups excluding carboxylic acids is 1. The molecule has 2 aliphatic heterocycles. The van der Waals surface area contributed by atoms with Gasteiger partial charge in [0.15, 0.2) is 17.4 Å². The molecule has 4 rings (SSSR count). The van der Waals surface area contributed by atoms with Gasteiger partial charge in [-0.1, -0.05) is 0 Å². The summed E-state index contributed by atoms with van der Waals surface area (Å²) in [5.41, 5.74) is 3.80. The number of nitrogens with zero attached hydrogens (tertiary/aromatic N) is 4. The Morgan fingerprint density at radius 1 is 1.29 bits per heavy atom. The van der Waals surface area contributed by atoms with Crippen molar-refractivity contribution < 1.29 is 14.0 Å². The van der Waals surface area contributed by atoms with Crippen LogP contribution in [0.25, 0.3) is 0 Å². The van der Waals surface area contributed by atoms with Crippen LogP contribution in [0.5, 0.6) is 0 Å². The lowest BCUT2D eigenvalue weighted by Gasteiger charge is -2.53. The van der Waals surface area contributed by atoms with Gasteiger partial charge in [-0.2, -0.15) is 10.5 Å². The first-order valence-corrected chi connectivity index (χ1v) is 10.5. The third-order valence-corrected chi connectivity index (χ3v) is 6.44. The van der Waals surface area contributed by atoms with Gasteiger partial charge in [0.05, 0.1) is 6.20 Å². The van der Waals surface area contributed by atoms with Crippen LogP contribution in [-0.2, 0) is 9.63 Å². The molecule has 0 saturated carbocycles. The van der Waals surface area contributed by atoms with E-state index in [0.29, 0.717) is 18.6 Å². The van der Waals surface area contributed by atoms with E-state index < -0.39 is 5.82 Å². The minimum absolute atomic E-state index is 0.0276. The Morgan fingerprint density at radius 3 is 2.71 bits per heavy atom. The van der Waals surface area contributed by atoms with Gasteiger partial charge in [-0.05, 0) is 53.7 Å². The second kappa shape index (κ2) is 7.71. The highest BCUT2D eigenvalue weighted by atomic mass is 19.1. The third kappa shape index (κ3) is 4.46. The van der Waals surface area contributed by atoms with Gasteiger partial charge in [0.2, 0.25) is 0 Å². The zero-order chi connectivity index (χ0) is 22.4. The highest BCUT2D eigenvalue weighted by molar-refractivity contribution is 5.96. The second-order valence-corrected chi connectivity index (χ2v) is 9.67. The summed E-state index contributed by atoms with van der Waals surface area (Å²) in [4.78, 5) is 32.0. The molecule has 0 unspecified atom stereocenters. The zero-order valence-electron chi connectivity index (χ0n) is 18.6. The zero-order valence-corrected chi connectivity index (χ0v) is 18.6. The molecule has 0 aromatic carbocycles. The molecule has 3 heterocycles. The maximum atomic E-state index is 14.5. The minimum Gasteiger partial charge on any atom is -0.379 e. The Hall–Kier alpha value is -2.81. The van der Waals surface area contributed by atoms with Gasteiger partial charge in [-0.25, -0.2) is 14.4 Å². The van der Waals surface area contributed by atoms with Gasteiger partial charge >= 0.3 is 0 Å². The molecule has 1 aliphatic carbocycles. The molecule has 0 spiro atoms. The molecule has 2 N–H and O–H groups in total. The van der Waals surface area contributed by atoms with Gasteiger partial charge in [-0.3, -0.25) is 9.69 Å². The summed E-state index contributed by atoms with van der Waals surface area (Å²) in [6.45, 7) is 8.80. The molecular formula is C22H29FN6O2. The van der Waals surface area contributed by atoms with Crippen LogP contribution < -0.4 is 10.8 Å². The highest BCUT2D eigenvalue weighted by Gasteiger charge is 2.43. The van der Waals surface area contributed by atoms with Gasteiger partial charge in [0, 0.05) is 47.3 Å². The van der Waals surface area contributed by atoms with Crippen molar-refractivity contribution >= 4 is 23.4 Å². The molecule has 8 nitrogen and oxygen atoms in total. The number of nitrogens with one attached hydrogen (secondary N) is 2. The van der Waals surface area contributed by atoms with Crippen LogP contribution in [0.3, 0.4) is 0 Å². The van der Waals surface area contributed by atoms with E-state index in [1.807, 2.05) is 6.08 Å². The fourth-order valence-electron chi connectivity index (χ4n) is 4.65. The smallest absolute Gasteiger partial charge is 0.277 e. The molecule has 1 fully saturated rings. The maximum absolute atomic E-state index is 14.5. The van der Waals surface area contributed by atoms with Crippen LogP contribution in [0.15, 0.2) is 34.7 Å². The molecule has 9 heteroatoms. The monoisotopic (exact) mass is 428 g/mol. The average molecular weight is 429 g/mol. The Morgan fingerprint density at radius 2 is 2.00 bits per heavy atom. The summed E-state index contributed by atoms with van der Waals surface area (Å²) in [6.07, 6.45) is 7.23. The van der Waals surface area contributed by atoms with E-state index in [1.54, 1.807) is 0 Å². The highest BCUT2D eigenvalue weighted by Crippen LogP contribution is 2.38. The van der Waals surface area contributed by atoms with E-state index in [9.17, 15) is 9.18 Å². The van der Waals surface area contributed by atoms with Crippen LogP contribution >= 0.6 is 0 Å². The lowest BCUT2D eigenvalue weighted by molar-refractivity contribution is -0.126. The number of hydrogen-bond acceptors (Lipinski definition) is 7. The standard InChI is InChI=1S/C22H29FN6O2/c1-21(2)10-15(11-22(3,4)29(21)5)25-19-16(23)12-24-20(27-19)26-14-6-7-17-13(8-14)9-18(30)28-31-17/h7,9,12,15H,6,8,10-11H2,1-5H3,(H,28,30)(H,24,25,27). The number of amides is 1. The number of carbonyl (C=O) groups is 1. The van der Waals surface area contributed by atoms with Crippen LogP contribution in [0.4, 0.5) is 16.2 Å². The van der Waals surface area contributed by atoms with Gasteiger partial charge < -0.3 is 10.2 Å². The van der Waals surface area contributed by atoms with Crippen molar-refractivity contribution in [2.24, 2.45) is 4.99 Å². The molecule has 1 amide bonds. The molecule has 1 aromatic heterocycles. The molecule has 0 atom stereocenters. The topological polar surface area (TPSA) is 91.7 Å². The van der Waals surface area contributed by atoms with E-state index in [-0.39, 0.29) is 34.8 Å². The van der Waals surface area contributed by atoms with Gasteiger partial charge in [-0.15, -0.1) is 0 Å². The van der Waals surface area contributed by atoms with E-state index in [4.69, 9.17) is 4.84 Å². The molecular weight excluding hydrogens is 399 g/mol. The molecule has 0 bridgehead atoms. The number of hydroxylamine groups is 1. The Kier molecular flexibility index (Phi) is 5.33. The minimum atomic E-state index is -0.496. The van der Waals surface area contributed by atoms with Crippen molar-refractivity contribution in [3.63, 3.8) is 0 Å². The number of aliphatic imine (C=N–C) groups is 1. The van der Waals surface area contributed by atoms with Crippen molar-refractivity contribution in [2.75, 3.05) is 12.4 Å². The molecule has 1 saturated heterocycles. The number of allylic oxidation sites excluding steroid dienone is 2.